The Morgan fingerprint density at radius 2 is 1.57 bits per heavy atom. The van der Waals surface area contributed by atoms with Crippen LogP contribution in [-0.4, -0.2) is 22.7 Å². The van der Waals surface area contributed by atoms with Crippen molar-refractivity contribution in [1.82, 2.24) is 4.90 Å². The zero-order valence-corrected chi connectivity index (χ0v) is 12.2. The molecule has 2 aliphatic rings. The van der Waals surface area contributed by atoms with Crippen molar-refractivity contribution >= 4 is 0 Å². The van der Waals surface area contributed by atoms with Crippen LogP contribution in [0.5, 0.6) is 0 Å². The molecule has 108 valence electrons. The van der Waals surface area contributed by atoms with Gasteiger partial charge in [0.2, 0.25) is 0 Å². The van der Waals surface area contributed by atoms with Gasteiger partial charge in [0.25, 0.3) is 0 Å². The lowest BCUT2D eigenvalue weighted by molar-refractivity contribution is -0.00673. The summed E-state index contributed by atoms with van der Waals surface area (Å²) in [6, 6.07) is 20.1. The third-order valence-electron chi connectivity index (χ3n) is 5.03. The zero-order valence-electron chi connectivity index (χ0n) is 12.2. The summed E-state index contributed by atoms with van der Waals surface area (Å²) in [5.74, 6) is 0. The number of aliphatic hydroxyl groups excluding tert-OH is 1. The second kappa shape index (κ2) is 5.28. The zero-order chi connectivity index (χ0) is 14.2. The first kappa shape index (κ1) is 13.1. The third-order valence-corrected chi connectivity index (χ3v) is 5.03. The molecule has 21 heavy (non-hydrogen) atoms. The van der Waals surface area contributed by atoms with Crippen molar-refractivity contribution in [2.24, 2.45) is 0 Å². The fourth-order valence-electron chi connectivity index (χ4n) is 4.06. The summed E-state index contributed by atoms with van der Waals surface area (Å²) in [6.45, 7) is 1.09. The summed E-state index contributed by atoms with van der Waals surface area (Å²) in [5.41, 5.74) is 4.21. The van der Waals surface area contributed by atoms with Crippen LogP contribution in [-0.2, 0) is 6.42 Å². The van der Waals surface area contributed by atoms with E-state index in [0.717, 1.165) is 25.8 Å². The van der Waals surface area contributed by atoms with Gasteiger partial charge in [0.05, 0.1) is 6.10 Å². The van der Waals surface area contributed by atoms with Crippen LogP contribution in [0.25, 0.3) is 0 Å². The van der Waals surface area contributed by atoms with E-state index >= 15 is 0 Å². The average Bonchev–Trinajstić information content (AvgIpc) is 2.55. The van der Waals surface area contributed by atoms with Gasteiger partial charge in [-0.05, 0) is 36.0 Å². The van der Waals surface area contributed by atoms with Crippen molar-refractivity contribution < 1.29 is 5.11 Å². The van der Waals surface area contributed by atoms with Crippen LogP contribution in [0.2, 0.25) is 0 Å². The molecule has 0 unspecified atom stereocenters. The van der Waals surface area contributed by atoms with Gasteiger partial charge in [0.15, 0.2) is 0 Å². The van der Waals surface area contributed by atoms with Crippen molar-refractivity contribution in [3.8, 4) is 0 Å². The van der Waals surface area contributed by atoms with Gasteiger partial charge in [0.1, 0.15) is 0 Å². The highest BCUT2D eigenvalue weighted by molar-refractivity contribution is 5.34. The minimum Gasteiger partial charge on any atom is -0.393 e. The standard InChI is InChI=1S/C19H21NO/c21-16-12-18(15-7-2-1-3-8-15)20-11-10-14-6-4-5-9-17(14)19(20)13-16/h1-9,16,18-19,21H,10-13H2/t16-,18-,19-/m0/s1. The van der Waals surface area contributed by atoms with Gasteiger partial charge in [-0.3, -0.25) is 4.90 Å². The van der Waals surface area contributed by atoms with E-state index in [1.54, 1.807) is 0 Å². The molecule has 2 aromatic carbocycles. The Hall–Kier alpha value is -1.64. The van der Waals surface area contributed by atoms with Gasteiger partial charge >= 0.3 is 0 Å². The van der Waals surface area contributed by atoms with Crippen molar-refractivity contribution in [1.29, 1.82) is 0 Å². The van der Waals surface area contributed by atoms with Gasteiger partial charge in [-0.2, -0.15) is 0 Å². The van der Waals surface area contributed by atoms with Crippen molar-refractivity contribution in [2.45, 2.75) is 37.5 Å². The van der Waals surface area contributed by atoms with Crippen molar-refractivity contribution in [3.63, 3.8) is 0 Å². The predicted octanol–water partition coefficient (Wildman–Crippen LogP) is 3.48. The first-order valence-electron chi connectivity index (χ1n) is 7.89. The number of nitrogens with zero attached hydrogens (tertiary/aromatic N) is 1. The molecule has 1 fully saturated rings. The van der Waals surface area contributed by atoms with E-state index < -0.39 is 0 Å². The summed E-state index contributed by atoms with van der Waals surface area (Å²) in [5, 5.41) is 10.4. The Balaban J connectivity index is 1.73. The Kier molecular flexibility index (Phi) is 3.28. The minimum absolute atomic E-state index is 0.206. The lowest BCUT2D eigenvalue weighted by Gasteiger charge is -2.47. The van der Waals surface area contributed by atoms with E-state index in [0.29, 0.717) is 12.1 Å². The van der Waals surface area contributed by atoms with Gasteiger partial charge < -0.3 is 5.11 Å². The second-order valence-corrected chi connectivity index (χ2v) is 6.25. The molecule has 2 heteroatoms. The van der Waals surface area contributed by atoms with E-state index in [9.17, 15) is 5.11 Å². The number of rotatable bonds is 1. The molecule has 1 saturated heterocycles. The fraction of sp³-hybridized carbons (Fsp3) is 0.368. The number of benzene rings is 2. The number of hydrogen-bond acceptors (Lipinski definition) is 2. The summed E-state index contributed by atoms with van der Waals surface area (Å²) in [4.78, 5) is 2.60. The van der Waals surface area contributed by atoms with Crippen molar-refractivity contribution in [3.05, 3.63) is 71.3 Å². The third kappa shape index (κ3) is 2.29. The first-order valence-corrected chi connectivity index (χ1v) is 7.89. The summed E-state index contributed by atoms with van der Waals surface area (Å²) < 4.78 is 0. The average molecular weight is 279 g/mol. The molecule has 4 rings (SSSR count). The van der Waals surface area contributed by atoms with E-state index in [1.165, 1.54) is 16.7 Å². The molecule has 1 N–H and O–H groups in total. The second-order valence-electron chi connectivity index (χ2n) is 6.25. The molecule has 2 aliphatic heterocycles. The normalized spacial score (nSPS) is 28.7. The van der Waals surface area contributed by atoms with Crippen molar-refractivity contribution in [2.75, 3.05) is 6.54 Å². The molecule has 0 radical (unpaired) electrons. The van der Waals surface area contributed by atoms with E-state index in [2.05, 4.69) is 59.5 Å². The summed E-state index contributed by atoms with van der Waals surface area (Å²) in [6.07, 6.45) is 2.62. The molecule has 0 aromatic heterocycles. The maximum absolute atomic E-state index is 10.4. The van der Waals surface area contributed by atoms with Crippen LogP contribution in [0.4, 0.5) is 0 Å². The fourth-order valence-corrected chi connectivity index (χ4v) is 4.06. The molecule has 0 saturated carbocycles. The SMILES string of the molecule is O[C@H]1C[C@@H](c2ccccc2)N2CCc3ccccc3[C@@H]2C1. The van der Waals surface area contributed by atoms with Gasteiger partial charge in [-0.25, -0.2) is 0 Å². The van der Waals surface area contributed by atoms with Gasteiger partial charge in [-0.15, -0.1) is 0 Å². The maximum Gasteiger partial charge on any atom is 0.0576 e. The number of hydrogen-bond donors (Lipinski definition) is 1. The molecule has 2 aromatic rings. The predicted molar refractivity (Wildman–Crippen MR) is 84.0 cm³/mol. The van der Waals surface area contributed by atoms with Gasteiger partial charge in [-0.1, -0.05) is 54.6 Å². The lowest BCUT2D eigenvalue weighted by Crippen LogP contribution is -2.44. The monoisotopic (exact) mass is 279 g/mol. The largest absolute Gasteiger partial charge is 0.393 e. The molecule has 0 aliphatic carbocycles. The number of fused-ring (bicyclic) bond motifs is 3. The quantitative estimate of drug-likeness (QED) is 0.864. The van der Waals surface area contributed by atoms with Crippen LogP contribution in [0.3, 0.4) is 0 Å². The highest BCUT2D eigenvalue weighted by Gasteiger charge is 2.38. The summed E-state index contributed by atoms with van der Waals surface area (Å²) in [7, 11) is 0. The Labute approximate surface area is 126 Å². The minimum atomic E-state index is -0.206. The van der Waals surface area contributed by atoms with E-state index in [1.807, 2.05) is 0 Å². The summed E-state index contributed by atoms with van der Waals surface area (Å²) >= 11 is 0. The molecular weight excluding hydrogens is 258 g/mol. The molecule has 3 atom stereocenters. The highest BCUT2D eigenvalue weighted by atomic mass is 16.3. The Bertz CT molecular complexity index is 624. The van der Waals surface area contributed by atoms with Crippen LogP contribution in [0, 0.1) is 0 Å². The molecule has 2 heterocycles. The molecule has 0 bridgehead atoms. The van der Waals surface area contributed by atoms with E-state index in [4.69, 9.17) is 0 Å². The van der Waals surface area contributed by atoms with E-state index in [-0.39, 0.29) is 6.10 Å². The topological polar surface area (TPSA) is 23.5 Å². The Morgan fingerprint density at radius 1 is 0.857 bits per heavy atom. The van der Waals surface area contributed by atoms with Crippen LogP contribution >= 0.6 is 0 Å². The Morgan fingerprint density at radius 3 is 2.43 bits per heavy atom. The van der Waals surface area contributed by atoms with Crippen LogP contribution in [0.1, 0.15) is 41.6 Å². The number of aliphatic hydroxyl groups is 1. The van der Waals surface area contributed by atoms with Crippen LogP contribution < -0.4 is 0 Å². The molecule has 2 nitrogen and oxygen atoms in total. The van der Waals surface area contributed by atoms with Gasteiger partial charge in [0, 0.05) is 18.6 Å². The smallest absolute Gasteiger partial charge is 0.0576 e. The lowest BCUT2D eigenvalue weighted by atomic mass is 9.81. The first-order chi connectivity index (χ1) is 10.3. The molecule has 0 spiro atoms. The highest BCUT2D eigenvalue weighted by Crippen LogP contribution is 2.44. The van der Waals surface area contributed by atoms with Crippen LogP contribution in [0.15, 0.2) is 54.6 Å². The maximum atomic E-state index is 10.4. The molecular formula is C19H21NO. The number of piperidine rings is 1. The molecule has 0 amide bonds.